The lowest BCUT2D eigenvalue weighted by molar-refractivity contribution is 0.623. The minimum atomic E-state index is -0.312. The first kappa shape index (κ1) is 14.3. The molecule has 0 atom stereocenters. The third kappa shape index (κ3) is 2.49. The van der Waals surface area contributed by atoms with Crippen LogP contribution >= 0.6 is 28.1 Å². The first-order chi connectivity index (χ1) is 9.97. The molecule has 2 aromatic carbocycles. The van der Waals surface area contributed by atoms with Gasteiger partial charge in [-0.3, -0.25) is 4.57 Å². The Morgan fingerprint density at radius 2 is 2.00 bits per heavy atom. The molecule has 0 aliphatic carbocycles. The molecule has 0 radical (unpaired) electrons. The Morgan fingerprint density at radius 3 is 2.71 bits per heavy atom. The molecular formula is C15H13BrFN3S. The van der Waals surface area contributed by atoms with Crippen molar-refractivity contribution in [2.45, 2.75) is 0 Å². The van der Waals surface area contributed by atoms with Gasteiger partial charge in [0, 0.05) is 25.8 Å². The molecule has 0 amide bonds. The highest BCUT2D eigenvalue weighted by Crippen LogP contribution is 2.27. The quantitative estimate of drug-likeness (QED) is 0.668. The van der Waals surface area contributed by atoms with Gasteiger partial charge in [-0.25, -0.2) is 4.39 Å². The van der Waals surface area contributed by atoms with E-state index in [-0.39, 0.29) is 5.82 Å². The predicted octanol–water partition coefficient (Wildman–Crippen LogP) is 4.66. The Labute approximate surface area is 135 Å². The molecule has 1 heterocycles. The lowest BCUT2D eigenvalue weighted by atomic mass is 10.2. The van der Waals surface area contributed by atoms with E-state index in [9.17, 15) is 4.39 Å². The Kier molecular flexibility index (Phi) is 3.59. The maximum atomic E-state index is 13.6. The molecule has 6 heteroatoms. The number of fused-ring (bicyclic) bond motifs is 1. The number of nitrogens with zero attached hydrogens (tertiary/aromatic N) is 2. The molecular weight excluding hydrogens is 353 g/mol. The molecule has 3 nitrogen and oxygen atoms in total. The van der Waals surface area contributed by atoms with Crippen molar-refractivity contribution >= 4 is 44.9 Å². The number of hydrogen-bond donors (Lipinski definition) is 1. The fraction of sp³-hybridized carbons (Fsp3) is 0.133. The van der Waals surface area contributed by atoms with Crippen LogP contribution in [0.4, 0.5) is 10.1 Å². The molecule has 0 aliphatic heterocycles. The predicted molar refractivity (Wildman–Crippen MR) is 90.4 cm³/mol. The minimum absolute atomic E-state index is 0.312. The summed E-state index contributed by atoms with van der Waals surface area (Å²) in [4.78, 5) is 5.07. The van der Waals surface area contributed by atoms with Crippen LogP contribution in [0.3, 0.4) is 0 Å². The summed E-state index contributed by atoms with van der Waals surface area (Å²) in [5, 5.41) is 0. The molecule has 1 aromatic heterocycles. The number of imidazole rings is 1. The Hall–Kier alpha value is -1.66. The summed E-state index contributed by atoms with van der Waals surface area (Å²) in [5.74, 6) is -0.312. The van der Waals surface area contributed by atoms with Crippen molar-refractivity contribution in [2.24, 2.45) is 0 Å². The van der Waals surface area contributed by atoms with Crippen LogP contribution in [0, 0.1) is 10.6 Å². The van der Waals surface area contributed by atoms with Crippen LogP contribution in [0.1, 0.15) is 0 Å². The van der Waals surface area contributed by atoms with Crippen molar-refractivity contribution in [3.05, 3.63) is 51.5 Å². The van der Waals surface area contributed by atoms with Gasteiger partial charge in [0.25, 0.3) is 0 Å². The number of benzene rings is 2. The van der Waals surface area contributed by atoms with Crippen molar-refractivity contribution in [2.75, 3.05) is 19.0 Å². The van der Waals surface area contributed by atoms with E-state index >= 15 is 0 Å². The van der Waals surface area contributed by atoms with Crippen LogP contribution in [0.5, 0.6) is 0 Å². The van der Waals surface area contributed by atoms with Crippen LogP contribution in [-0.4, -0.2) is 23.6 Å². The van der Waals surface area contributed by atoms with Gasteiger partial charge in [0.2, 0.25) is 0 Å². The van der Waals surface area contributed by atoms with Gasteiger partial charge in [-0.15, -0.1) is 0 Å². The van der Waals surface area contributed by atoms with Gasteiger partial charge >= 0.3 is 0 Å². The zero-order valence-electron chi connectivity index (χ0n) is 11.5. The van der Waals surface area contributed by atoms with Crippen molar-refractivity contribution in [3.63, 3.8) is 0 Å². The molecule has 108 valence electrons. The molecule has 0 unspecified atom stereocenters. The summed E-state index contributed by atoms with van der Waals surface area (Å²) in [7, 11) is 3.97. The van der Waals surface area contributed by atoms with E-state index in [1.54, 1.807) is 6.07 Å². The van der Waals surface area contributed by atoms with E-state index in [4.69, 9.17) is 12.2 Å². The zero-order chi connectivity index (χ0) is 15.1. The number of nitrogens with one attached hydrogen (secondary N) is 1. The molecule has 0 saturated heterocycles. The summed E-state index contributed by atoms with van der Waals surface area (Å²) >= 11 is 8.61. The molecule has 0 aliphatic rings. The van der Waals surface area contributed by atoms with Crippen LogP contribution in [-0.2, 0) is 0 Å². The van der Waals surface area contributed by atoms with Gasteiger partial charge in [0.05, 0.1) is 21.2 Å². The third-order valence-corrected chi connectivity index (χ3v) is 4.22. The third-order valence-electron chi connectivity index (χ3n) is 3.33. The standard InChI is InChI=1S/C15H13BrFN3S/c1-19(2)9-4-3-5-10(6-9)20-14-7-11(16)12(17)8-13(14)18-15(20)21/h3-8H,1-2H3,(H,18,21). The summed E-state index contributed by atoms with van der Waals surface area (Å²) in [5.41, 5.74) is 3.53. The number of anilines is 1. The second kappa shape index (κ2) is 5.27. The molecule has 21 heavy (non-hydrogen) atoms. The van der Waals surface area contributed by atoms with E-state index in [1.807, 2.05) is 47.8 Å². The number of rotatable bonds is 2. The molecule has 3 aromatic rings. The smallest absolute Gasteiger partial charge is 0.182 e. The number of aromatic amines is 1. The fourth-order valence-electron chi connectivity index (χ4n) is 2.27. The summed E-state index contributed by atoms with van der Waals surface area (Å²) in [6, 6.07) is 11.2. The number of hydrogen-bond acceptors (Lipinski definition) is 2. The van der Waals surface area contributed by atoms with Crippen molar-refractivity contribution < 1.29 is 4.39 Å². The topological polar surface area (TPSA) is 24.0 Å². The average molecular weight is 366 g/mol. The van der Waals surface area contributed by atoms with Crippen molar-refractivity contribution in [1.82, 2.24) is 9.55 Å². The van der Waals surface area contributed by atoms with Gasteiger partial charge in [-0.05, 0) is 52.4 Å². The van der Waals surface area contributed by atoms with Gasteiger partial charge in [0.1, 0.15) is 5.82 Å². The minimum Gasteiger partial charge on any atom is -0.378 e. The number of aromatic nitrogens is 2. The maximum Gasteiger partial charge on any atom is 0.182 e. The van der Waals surface area contributed by atoms with Crippen molar-refractivity contribution in [3.8, 4) is 5.69 Å². The highest BCUT2D eigenvalue weighted by Gasteiger charge is 2.11. The first-order valence-electron chi connectivity index (χ1n) is 6.35. The molecule has 0 spiro atoms. The van der Waals surface area contributed by atoms with E-state index in [2.05, 4.69) is 20.9 Å². The lowest BCUT2D eigenvalue weighted by Gasteiger charge is -2.14. The van der Waals surface area contributed by atoms with E-state index < -0.39 is 0 Å². The van der Waals surface area contributed by atoms with E-state index in [0.717, 1.165) is 16.9 Å². The summed E-state index contributed by atoms with van der Waals surface area (Å²) in [6.45, 7) is 0. The molecule has 3 rings (SSSR count). The van der Waals surface area contributed by atoms with Crippen molar-refractivity contribution in [1.29, 1.82) is 0 Å². The second-order valence-electron chi connectivity index (χ2n) is 4.96. The molecule has 0 fully saturated rings. The van der Waals surface area contributed by atoms with Gasteiger partial charge in [-0.2, -0.15) is 0 Å². The summed E-state index contributed by atoms with van der Waals surface area (Å²) in [6.07, 6.45) is 0. The highest BCUT2D eigenvalue weighted by atomic mass is 79.9. The number of halogens is 2. The monoisotopic (exact) mass is 365 g/mol. The number of H-pyrrole nitrogens is 1. The van der Waals surface area contributed by atoms with Crippen LogP contribution < -0.4 is 4.90 Å². The van der Waals surface area contributed by atoms with Crippen LogP contribution in [0.15, 0.2) is 40.9 Å². The Balaban J connectivity index is 2.30. The first-order valence-corrected chi connectivity index (χ1v) is 7.55. The molecule has 1 N–H and O–H groups in total. The maximum absolute atomic E-state index is 13.6. The lowest BCUT2D eigenvalue weighted by Crippen LogP contribution is -2.09. The van der Waals surface area contributed by atoms with E-state index in [0.29, 0.717) is 14.8 Å². The second-order valence-corrected chi connectivity index (χ2v) is 6.20. The largest absolute Gasteiger partial charge is 0.378 e. The van der Waals surface area contributed by atoms with Gasteiger partial charge in [-0.1, -0.05) is 6.07 Å². The Morgan fingerprint density at radius 1 is 1.24 bits per heavy atom. The van der Waals surface area contributed by atoms with Crippen LogP contribution in [0.25, 0.3) is 16.7 Å². The van der Waals surface area contributed by atoms with Gasteiger partial charge in [0.15, 0.2) is 4.77 Å². The summed E-state index contributed by atoms with van der Waals surface area (Å²) < 4.78 is 16.5. The SMILES string of the molecule is CN(C)c1cccc(-n2c(=S)[nH]c3cc(F)c(Br)cc32)c1. The van der Waals surface area contributed by atoms with Gasteiger partial charge < -0.3 is 9.88 Å². The normalized spacial score (nSPS) is 11.0. The molecule has 0 saturated carbocycles. The molecule has 0 bridgehead atoms. The average Bonchev–Trinajstić information content (AvgIpc) is 2.74. The Bertz CT molecular complexity index is 882. The highest BCUT2D eigenvalue weighted by molar-refractivity contribution is 9.10. The fourth-order valence-corrected chi connectivity index (χ4v) is 2.91. The zero-order valence-corrected chi connectivity index (χ0v) is 13.9. The van der Waals surface area contributed by atoms with Crippen LogP contribution in [0.2, 0.25) is 0 Å². The van der Waals surface area contributed by atoms with E-state index in [1.165, 1.54) is 6.07 Å².